The van der Waals surface area contributed by atoms with Gasteiger partial charge in [-0.1, -0.05) is 30.3 Å². The molecule has 0 bridgehead atoms. The number of piperazine rings is 1. The highest BCUT2D eigenvalue weighted by molar-refractivity contribution is 9.10. The van der Waals surface area contributed by atoms with E-state index in [1.807, 2.05) is 30.3 Å². The van der Waals surface area contributed by atoms with Gasteiger partial charge in [0.15, 0.2) is 5.82 Å². The van der Waals surface area contributed by atoms with Crippen molar-refractivity contribution in [1.29, 1.82) is 0 Å². The molecule has 4 heterocycles. The molecule has 1 aromatic heterocycles. The molecule has 2 aromatic carbocycles. The Morgan fingerprint density at radius 3 is 2.24 bits per heavy atom. The number of anilines is 1. The predicted octanol–water partition coefficient (Wildman–Crippen LogP) is 3.80. The van der Waals surface area contributed by atoms with Crippen LogP contribution < -0.4 is 16.7 Å². The molecular formula is C34H43BrF3N9O3. The Morgan fingerprint density at radius 2 is 1.60 bits per heavy atom. The monoisotopic (exact) mass is 761 g/mol. The maximum Gasteiger partial charge on any atom is 0.418 e. The summed E-state index contributed by atoms with van der Waals surface area (Å²) in [6.45, 7) is 4.98. The number of piperidine rings is 2. The first-order valence-corrected chi connectivity index (χ1v) is 17.8. The van der Waals surface area contributed by atoms with E-state index in [9.17, 15) is 27.6 Å². The van der Waals surface area contributed by atoms with Gasteiger partial charge in [0.1, 0.15) is 6.04 Å². The summed E-state index contributed by atoms with van der Waals surface area (Å²) in [6, 6.07) is 10.4. The van der Waals surface area contributed by atoms with Gasteiger partial charge in [0.2, 0.25) is 5.91 Å². The average molecular weight is 763 g/mol. The van der Waals surface area contributed by atoms with Gasteiger partial charge in [0.25, 0.3) is 0 Å². The zero-order chi connectivity index (χ0) is 35.6. The van der Waals surface area contributed by atoms with E-state index in [4.69, 9.17) is 5.73 Å². The van der Waals surface area contributed by atoms with Crippen molar-refractivity contribution in [1.82, 2.24) is 39.7 Å². The molecule has 16 heteroatoms. The molecule has 3 amide bonds. The average Bonchev–Trinajstić information content (AvgIpc) is 3.50. The number of hydrogen-bond acceptors (Lipinski definition) is 7. The van der Waals surface area contributed by atoms with E-state index in [0.29, 0.717) is 64.0 Å². The van der Waals surface area contributed by atoms with Gasteiger partial charge in [0, 0.05) is 61.8 Å². The second kappa shape index (κ2) is 15.2. The molecule has 3 aliphatic heterocycles. The highest BCUT2D eigenvalue weighted by Gasteiger charge is 2.37. The van der Waals surface area contributed by atoms with Crippen LogP contribution in [-0.4, -0.2) is 118 Å². The molecule has 3 aliphatic rings. The Morgan fingerprint density at radius 1 is 0.960 bits per heavy atom. The van der Waals surface area contributed by atoms with E-state index < -0.39 is 29.5 Å². The van der Waals surface area contributed by atoms with Crippen molar-refractivity contribution in [3.8, 4) is 11.4 Å². The number of benzene rings is 2. The molecule has 0 saturated carbocycles. The third-order valence-electron chi connectivity index (χ3n) is 10.1. The quantitative estimate of drug-likeness (QED) is 0.312. The van der Waals surface area contributed by atoms with Crippen molar-refractivity contribution in [2.24, 2.45) is 0 Å². The Hall–Kier alpha value is -3.89. The highest BCUT2D eigenvalue weighted by atomic mass is 79.9. The van der Waals surface area contributed by atoms with Gasteiger partial charge >= 0.3 is 17.9 Å². The summed E-state index contributed by atoms with van der Waals surface area (Å²) in [5, 5.41) is 7.35. The van der Waals surface area contributed by atoms with Gasteiger partial charge in [-0.15, -0.1) is 5.10 Å². The zero-order valence-electron chi connectivity index (χ0n) is 28.0. The van der Waals surface area contributed by atoms with Gasteiger partial charge in [-0.3, -0.25) is 14.7 Å². The van der Waals surface area contributed by atoms with Crippen molar-refractivity contribution in [2.75, 3.05) is 65.1 Å². The van der Waals surface area contributed by atoms with Gasteiger partial charge in [-0.25, -0.2) is 14.3 Å². The number of urea groups is 1. The number of halogens is 4. The standard InChI is InChI=1S/C34H43BrF3N9O3/c1-43-11-7-24(8-12-43)44-15-17-45(18-16-44)31(48)28(21-22-19-26(34(36,37)38)29(39)27(35)20-22)40-32(49)46-13-9-25(10-14-46)47-33(50)41-30(42-47)23-5-3-2-4-6-23/h2-6,19-20,24-25,28H,7-18,21,39H2,1H3,(H,40,49)(H,41,42,50)/t28-/m1/s1. The lowest BCUT2D eigenvalue weighted by molar-refractivity contribution is -0.137. The number of aromatic amines is 1. The molecule has 50 heavy (non-hydrogen) atoms. The first-order chi connectivity index (χ1) is 23.9. The van der Waals surface area contributed by atoms with E-state index in [1.165, 1.54) is 10.7 Å². The number of alkyl halides is 3. The molecule has 270 valence electrons. The number of H-pyrrole nitrogens is 1. The zero-order valence-corrected chi connectivity index (χ0v) is 29.5. The Labute approximate surface area is 296 Å². The van der Waals surface area contributed by atoms with E-state index in [2.05, 4.69) is 48.2 Å². The topological polar surface area (TPSA) is 136 Å². The minimum Gasteiger partial charge on any atom is -0.397 e. The molecule has 0 aliphatic carbocycles. The van der Waals surface area contributed by atoms with E-state index in [-0.39, 0.29) is 34.1 Å². The van der Waals surface area contributed by atoms with Crippen molar-refractivity contribution in [2.45, 2.75) is 56.4 Å². The van der Waals surface area contributed by atoms with Crippen LogP contribution in [0.25, 0.3) is 11.4 Å². The van der Waals surface area contributed by atoms with Crippen LogP contribution in [0.15, 0.2) is 51.7 Å². The Kier molecular flexibility index (Phi) is 10.9. The van der Waals surface area contributed by atoms with Crippen molar-refractivity contribution in [3.63, 3.8) is 0 Å². The number of carbonyl (C=O) groups excluding carboxylic acids is 2. The molecule has 3 fully saturated rings. The predicted molar refractivity (Wildman–Crippen MR) is 186 cm³/mol. The normalized spacial score (nSPS) is 19.5. The van der Waals surface area contributed by atoms with Gasteiger partial charge < -0.3 is 25.8 Å². The van der Waals surface area contributed by atoms with Gasteiger partial charge in [0.05, 0.1) is 17.3 Å². The number of rotatable bonds is 7. The second-order valence-corrected chi connectivity index (χ2v) is 14.3. The molecule has 0 spiro atoms. The Balaban J connectivity index is 1.14. The molecule has 6 rings (SSSR count). The van der Waals surface area contributed by atoms with Crippen LogP contribution in [0.1, 0.15) is 42.9 Å². The number of carbonyl (C=O) groups is 2. The third kappa shape index (κ3) is 8.18. The van der Waals surface area contributed by atoms with E-state index in [1.54, 1.807) is 9.80 Å². The van der Waals surface area contributed by atoms with Crippen molar-refractivity contribution in [3.05, 3.63) is 68.5 Å². The van der Waals surface area contributed by atoms with E-state index in [0.717, 1.165) is 37.6 Å². The number of nitrogens with one attached hydrogen (secondary N) is 2. The lowest BCUT2D eigenvalue weighted by atomic mass is 10.00. The van der Waals surface area contributed by atoms with Crippen molar-refractivity contribution >= 4 is 33.6 Å². The lowest BCUT2D eigenvalue weighted by Gasteiger charge is -2.43. The summed E-state index contributed by atoms with van der Waals surface area (Å²) in [4.78, 5) is 51.2. The minimum atomic E-state index is -4.70. The van der Waals surface area contributed by atoms with Crippen LogP contribution in [0.2, 0.25) is 0 Å². The Bertz CT molecular complexity index is 1710. The summed E-state index contributed by atoms with van der Waals surface area (Å²) in [7, 11) is 2.11. The molecule has 0 radical (unpaired) electrons. The van der Waals surface area contributed by atoms with Crippen LogP contribution >= 0.6 is 15.9 Å². The molecule has 4 N–H and O–H groups in total. The SMILES string of the molecule is CN1CCC(N2CCN(C(=O)[C@@H](Cc3cc(Br)c(N)c(C(F)(F)F)c3)NC(=O)N3CCC(n4nc(-c5ccccc5)[nH]c4=O)CC3)CC2)CC1. The first-order valence-electron chi connectivity index (χ1n) is 17.0. The lowest BCUT2D eigenvalue weighted by Crippen LogP contribution is -2.59. The molecule has 1 atom stereocenters. The molecule has 12 nitrogen and oxygen atoms in total. The number of hydrogen-bond donors (Lipinski definition) is 3. The fourth-order valence-electron chi connectivity index (χ4n) is 7.21. The molecule has 3 saturated heterocycles. The summed E-state index contributed by atoms with van der Waals surface area (Å²) >= 11 is 3.14. The number of nitrogen functional groups attached to an aromatic ring is 1. The summed E-state index contributed by atoms with van der Waals surface area (Å²) in [6.07, 6.45) is -1.79. The highest BCUT2D eigenvalue weighted by Crippen LogP contribution is 2.38. The molecule has 3 aromatic rings. The van der Waals surface area contributed by atoms with Crippen molar-refractivity contribution < 1.29 is 22.8 Å². The van der Waals surface area contributed by atoms with Crippen LogP contribution in [0.4, 0.5) is 23.7 Å². The summed E-state index contributed by atoms with van der Waals surface area (Å²) < 4.78 is 43.0. The van der Waals surface area contributed by atoms with Crippen LogP contribution in [0, 0.1) is 0 Å². The van der Waals surface area contributed by atoms with Crippen LogP contribution in [0.3, 0.4) is 0 Å². The minimum absolute atomic E-state index is 0.0673. The largest absolute Gasteiger partial charge is 0.418 e. The maximum atomic E-state index is 14.0. The fourth-order valence-corrected chi connectivity index (χ4v) is 7.72. The summed E-state index contributed by atoms with van der Waals surface area (Å²) in [5.74, 6) is 0.126. The van der Waals surface area contributed by atoms with Gasteiger partial charge in [-0.2, -0.15) is 13.2 Å². The number of nitrogens with zero attached hydrogens (tertiary/aromatic N) is 6. The van der Waals surface area contributed by atoms with Gasteiger partial charge in [-0.05, 0) is 79.4 Å². The number of amides is 3. The molecular weight excluding hydrogens is 719 g/mol. The number of likely N-dealkylation sites (tertiary alicyclic amines) is 2. The smallest absolute Gasteiger partial charge is 0.397 e. The van der Waals surface area contributed by atoms with E-state index >= 15 is 0 Å². The number of aromatic nitrogens is 3. The first kappa shape index (κ1) is 35.9. The fraction of sp³-hybridized carbons (Fsp3) is 0.529. The second-order valence-electron chi connectivity index (χ2n) is 13.4. The van der Waals surface area contributed by atoms with Crippen LogP contribution in [-0.2, 0) is 17.4 Å². The number of nitrogens with two attached hydrogens (primary N) is 1. The third-order valence-corrected chi connectivity index (χ3v) is 10.8. The van der Waals surface area contributed by atoms with Crippen LogP contribution in [0.5, 0.6) is 0 Å². The molecule has 0 unspecified atom stereocenters. The maximum absolute atomic E-state index is 14.0. The summed E-state index contributed by atoms with van der Waals surface area (Å²) in [5.41, 5.74) is 4.98.